The van der Waals surface area contributed by atoms with E-state index in [9.17, 15) is 21.6 Å². The van der Waals surface area contributed by atoms with Gasteiger partial charge >= 0.3 is 6.18 Å². The van der Waals surface area contributed by atoms with E-state index in [2.05, 4.69) is 10.1 Å². The van der Waals surface area contributed by atoms with Crippen LogP contribution in [0.5, 0.6) is 0 Å². The molecule has 0 bridgehead atoms. The lowest BCUT2D eigenvalue weighted by atomic mass is 9.92. The van der Waals surface area contributed by atoms with Gasteiger partial charge in [-0.3, -0.25) is 0 Å². The zero-order valence-corrected chi connectivity index (χ0v) is 13.5. The van der Waals surface area contributed by atoms with E-state index in [1.807, 2.05) is 5.92 Å². The van der Waals surface area contributed by atoms with Gasteiger partial charge in [-0.05, 0) is 31.0 Å². The number of hydrogen-bond acceptors (Lipinski definition) is 4. The molecule has 1 aliphatic carbocycles. The molecule has 0 aromatic heterocycles. The topological polar surface area (TPSA) is 69.4 Å². The molecular weight excluding hydrogens is 355 g/mol. The summed E-state index contributed by atoms with van der Waals surface area (Å²) in [5.41, 5.74) is 1.26. The fourth-order valence-corrected chi connectivity index (χ4v) is 2.75. The lowest BCUT2D eigenvalue weighted by Gasteiger charge is -2.31. The predicted octanol–water partition coefficient (Wildman–Crippen LogP) is 3.07. The van der Waals surface area contributed by atoms with Crippen LogP contribution in [0.2, 0.25) is 5.02 Å². The van der Waals surface area contributed by atoms with Crippen LogP contribution in [0.15, 0.2) is 18.2 Å². The van der Waals surface area contributed by atoms with Gasteiger partial charge in [-0.15, -0.1) is 0 Å². The van der Waals surface area contributed by atoms with Gasteiger partial charge in [0.05, 0.1) is 6.26 Å². The van der Waals surface area contributed by atoms with Crippen molar-refractivity contribution in [2.45, 2.75) is 24.6 Å². The summed E-state index contributed by atoms with van der Waals surface area (Å²) in [4.78, 5) is 0. The Bertz CT molecular complexity index is 779. The lowest BCUT2D eigenvalue weighted by molar-refractivity contribution is -0.228. The first-order valence-electron chi connectivity index (χ1n) is 6.50. The van der Waals surface area contributed by atoms with Crippen molar-refractivity contribution in [3.63, 3.8) is 0 Å². The van der Waals surface area contributed by atoms with Gasteiger partial charge in [-0.2, -0.15) is 21.6 Å². The van der Waals surface area contributed by atoms with Gasteiger partial charge in [0.25, 0.3) is 15.7 Å². The van der Waals surface area contributed by atoms with Crippen LogP contribution in [0, 0.1) is 17.8 Å². The van der Waals surface area contributed by atoms with Gasteiger partial charge in [0.1, 0.15) is 0 Å². The molecule has 0 spiro atoms. The Morgan fingerprint density at radius 2 is 1.96 bits per heavy atom. The number of nitrogen functional groups attached to an aromatic ring is 1. The van der Waals surface area contributed by atoms with Crippen LogP contribution in [0.3, 0.4) is 0 Å². The third-order valence-electron chi connectivity index (χ3n) is 3.10. The maximum absolute atomic E-state index is 13.8. The first kappa shape index (κ1) is 17.9. The Labute approximate surface area is 136 Å². The van der Waals surface area contributed by atoms with Gasteiger partial charge in [-0.25, -0.2) is 4.18 Å². The average molecular weight is 368 g/mol. The maximum Gasteiger partial charge on any atom is 0.434 e. The molecule has 1 atom stereocenters. The summed E-state index contributed by atoms with van der Waals surface area (Å²) in [5.74, 6) is 4.17. The van der Waals surface area contributed by atoms with Crippen molar-refractivity contribution >= 4 is 27.4 Å². The van der Waals surface area contributed by atoms with Crippen LogP contribution in [0.1, 0.15) is 18.4 Å². The van der Waals surface area contributed by atoms with Gasteiger partial charge in [0.15, 0.2) is 0 Å². The second-order valence-corrected chi connectivity index (χ2v) is 7.25. The molecule has 1 fully saturated rings. The molecule has 1 aromatic rings. The highest BCUT2D eigenvalue weighted by Crippen LogP contribution is 2.46. The maximum atomic E-state index is 13.8. The summed E-state index contributed by atoms with van der Waals surface area (Å²) >= 11 is 5.74. The van der Waals surface area contributed by atoms with E-state index in [1.54, 1.807) is 0 Å². The highest BCUT2D eigenvalue weighted by Gasteiger charge is 2.60. The molecular formula is C14H13ClF3NO3S. The summed E-state index contributed by atoms with van der Waals surface area (Å²) < 4.78 is 68.7. The first-order chi connectivity index (χ1) is 10.4. The van der Waals surface area contributed by atoms with Gasteiger partial charge < -0.3 is 5.73 Å². The van der Waals surface area contributed by atoms with Crippen LogP contribution in [-0.4, -0.2) is 20.8 Å². The second kappa shape index (κ2) is 5.89. The Balaban J connectivity index is 2.75. The number of hydrogen-bond donors (Lipinski definition) is 1. The number of halogens is 4. The van der Waals surface area contributed by atoms with Gasteiger partial charge in [-0.1, -0.05) is 23.4 Å². The predicted molar refractivity (Wildman–Crippen MR) is 80.0 cm³/mol. The molecule has 0 saturated heterocycles. The van der Waals surface area contributed by atoms with Gasteiger partial charge in [0, 0.05) is 22.2 Å². The molecule has 1 saturated carbocycles. The van der Waals surface area contributed by atoms with E-state index in [-0.39, 0.29) is 16.6 Å². The highest BCUT2D eigenvalue weighted by atomic mass is 35.5. The van der Waals surface area contributed by atoms with E-state index in [4.69, 9.17) is 17.3 Å². The summed E-state index contributed by atoms with van der Waals surface area (Å²) in [6.07, 6.45) is -3.31. The first-order valence-corrected chi connectivity index (χ1v) is 8.69. The van der Waals surface area contributed by atoms with Crippen molar-refractivity contribution in [1.82, 2.24) is 0 Å². The minimum absolute atomic E-state index is 0.0480. The minimum atomic E-state index is -5.14. The molecule has 126 valence electrons. The van der Waals surface area contributed by atoms with Crippen LogP contribution < -0.4 is 5.73 Å². The largest absolute Gasteiger partial charge is 0.434 e. The Morgan fingerprint density at radius 3 is 2.43 bits per heavy atom. The van der Waals surface area contributed by atoms with E-state index in [0.717, 1.165) is 12.1 Å². The van der Waals surface area contributed by atoms with E-state index >= 15 is 0 Å². The molecule has 4 nitrogen and oxygen atoms in total. The third-order valence-corrected chi connectivity index (χ3v) is 3.89. The summed E-state index contributed by atoms with van der Waals surface area (Å²) in [6, 6.07) is 3.34. The van der Waals surface area contributed by atoms with Crippen molar-refractivity contribution in [2.75, 3.05) is 12.0 Å². The van der Waals surface area contributed by atoms with Crippen LogP contribution >= 0.6 is 11.6 Å². The van der Waals surface area contributed by atoms with E-state index in [0.29, 0.717) is 19.1 Å². The molecule has 0 unspecified atom stereocenters. The van der Waals surface area contributed by atoms with Crippen molar-refractivity contribution in [3.05, 3.63) is 28.8 Å². The van der Waals surface area contributed by atoms with Crippen LogP contribution in [-0.2, 0) is 19.9 Å². The normalized spacial score (nSPS) is 18.0. The van der Waals surface area contributed by atoms with Crippen molar-refractivity contribution < 1.29 is 25.8 Å². The van der Waals surface area contributed by atoms with Crippen molar-refractivity contribution in [1.29, 1.82) is 0 Å². The molecule has 9 heteroatoms. The summed E-state index contributed by atoms with van der Waals surface area (Å²) in [7, 11) is -4.49. The Kier molecular flexibility index (Phi) is 4.59. The number of nitrogens with two attached hydrogens (primary N) is 1. The number of anilines is 1. The number of rotatable bonds is 3. The quantitative estimate of drug-likeness (QED) is 0.506. The van der Waals surface area contributed by atoms with Crippen LogP contribution in [0.25, 0.3) is 0 Å². The summed E-state index contributed by atoms with van der Waals surface area (Å²) in [5, 5.41) is -0.0480. The van der Waals surface area contributed by atoms with E-state index < -0.39 is 27.5 Å². The average Bonchev–Trinajstić information content (AvgIpc) is 3.19. The molecule has 0 radical (unpaired) electrons. The Morgan fingerprint density at radius 1 is 1.35 bits per heavy atom. The van der Waals surface area contributed by atoms with Crippen LogP contribution in [0.4, 0.5) is 18.9 Å². The standard InChI is InChI=1S/C14H13ClF3NO3S/c1-23(20,21)22-13(14(16,17)18,7-6-9-2-3-9)11-8-10(15)4-5-12(11)19/h4-5,8-9H,2-3,19H2,1H3/t13-/m0/s1. The zero-order valence-electron chi connectivity index (χ0n) is 11.9. The second-order valence-electron chi connectivity index (χ2n) is 5.24. The smallest absolute Gasteiger partial charge is 0.398 e. The third kappa shape index (κ3) is 4.10. The SMILES string of the molecule is CS(=O)(=O)O[C@@](C#CC1CC1)(c1cc(Cl)ccc1N)C(F)(F)F. The molecule has 0 heterocycles. The van der Waals surface area contributed by atoms with E-state index in [1.165, 1.54) is 6.07 Å². The highest BCUT2D eigenvalue weighted by molar-refractivity contribution is 7.86. The molecule has 23 heavy (non-hydrogen) atoms. The fraction of sp³-hybridized carbons (Fsp3) is 0.429. The monoisotopic (exact) mass is 367 g/mol. The molecule has 1 aliphatic rings. The minimum Gasteiger partial charge on any atom is -0.398 e. The molecule has 2 rings (SSSR count). The van der Waals surface area contributed by atoms with Crippen molar-refractivity contribution in [2.24, 2.45) is 5.92 Å². The molecule has 0 amide bonds. The molecule has 2 N–H and O–H groups in total. The number of alkyl halides is 3. The van der Waals surface area contributed by atoms with Crippen molar-refractivity contribution in [3.8, 4) is 11.8 Å². The molecule has 0 aliphatic heterocycles. The Hall–Kier alpha value is -1.43. The van der Waals surface area contributed by atoms with Gasteiger partial charge in [0.2, 0.25) is 0 Å². The lowest BCUT2D eigenvalue weighted by Crippen LogP contribution is -2.45. The number of benzene rings is 1. The summed E-state index contributed by atoms with van der Waals surface area (Å²) in [6.45, 7) is 0. The molecule has 1 aromatic carbocycles. The zero-order chi connectivity index (χ0) is 17.5. The fourth-order valence-electron chi connectivity index (χ4n) is 1.90.